The van der Waals surface area contributed by atoms with E-state index in [1.54, 1.807) is 13.8 Å². The minimum absolute atomic E-state index is 0. The van der Waals surface area contributed by atoms with E-state index in [4.69, 9.17) is 0 Å². The van der Waals surface area contributed by atoms with Gasteiger partial charge >= 0.3 is 5.97 Å². The van der Waals surface area contributed by atoms with Crippen LogP contribution in [-0.4, -0.2) is 12.6 Å². The second-order valence-corrected chi connectivity index (χ2v) is 1.16. The SMILES string of the molecule is CCOC(=O)CC.Cl. The van der Waals surface area contributed by atoms with Gasteiger partial charge in [-0.15, -0.1) is 12.4 Å². The lowest BCUT2D eigenvalue weighted by Crippen LogP contribution is -2.00. The van der Waals surface area contributed by atoms with Crippen LogP contribution < -0.4 is 0 Å². The highest BCUT2D eigenvalue weighted by molar-refractivity contribution is 5.85. The van der Waals surface area contributed by atoms with Crippen molar-refractivity contribution in [3.8, 4) is 0 Å². The van der Waals surface area contributed by atoms with Crippen LogP contribution in [0.15, 0.2) is 0 Å². The van der Waals surface area contributed by atoms with Gasteiger partial charge in [-0.2, -0.15) is 0 Å². The lowest BCUT2D eigenvalue weighted by atomic mass is 10.5. The summed E-state index contributed by atoms with van der Waals surface area (Å²) in [5.41, 5.74) is 0. The Morgan fingerprint density at radius 2 is 2.00 bits per heavy atom. The molecule has 0 heterocycles. The van der Waals surface area contributed by atoms with Gasteiger partial charge in [-0.3, -0.25) is 4.79 Å². The van der Waals surface area contributed by atoms with Gasteiger partial charge in [0.2, 0.25) is 0 Å². The molecular weight excluding hydrogens is 128 g/mol. The first kappa shape index (κ1) is 10.7. The zero-order chi connectivity index (χ0) is 5.70. The van der Waals surface area contributed by atoms with Crippen molar-refractivity contribution in [2.45, 2.75) is 20.3 Å². The van der Waals surface area contributed by atoms with Crippen LogP contribution in [-0.2, 0) is 9.53 Å². The lowest BCUT2D eigenvalue weighted by molar-refractivity contribution is -0.142. The summed E-state index contributed by atoms with van der Waals surface area (Å²) < 4.78 is 4.55. The molecule has 0 atom stereocenters. The first-order valence-corrected chi connectivity index (χ1v) is 2.46. The largest absolute Gasteiger partial charge is 0.466 e. The van der Waals surface area contributed by atoms with E-state index >= 15 is 0 Å². The van der Waals surface area contributed by atoms with E-state index in [0.29, 0.717) is 13.0 Å². The van der Waals surface area contributed by atoms with E-state index < -0.39 is 0 Å². The molecule has 0 aliphatic rings. The Balaban J connectivity index is 0. The average Bonchev–Trinajstić information content (AvgIpc) is 1.68. The summed E-state index contributed by atoms with van der Waals surface area (Å²) in [6.07, 6.45) is 0.480. The van der Waals surface area contributed by atoms with E-state index in [2.05, 4.69) is 4.74 Å². The molecule has 8 heavy (non-hydrogen) atoms. The highest BCUT2D eigenvalue weighted by Gasteiger charge is 1.91. The third-order valence-corrected chi connectivity index (χ3v) is 0.594. The van der Waals surface area contributed by atoms with Crippen LogP contribution in [0.2, 0.25) is 0 Å². The van der Waals surface area contributed by atoms with E-state index in [1.807, 2.05) is 0 Å². The first-order chi connectivity index (χ1) is 3.31. The van der Waals surface area contributed by atoms with Crippen molar-refractivity contribution in [3.63, 3.8) is 0 Å². The molecule has 0 spiro atoms. The van der Waals surface area contributed by atoms with Crippen molar-refractivity contribution < 1.29 is 9.53 Å². The molecule has 50 valence electrons. The summed E-state index contributed by atoms with van der Waals surface area (Å²) in [5, 5.41) is 0. The van der Waals surface area contributed by atoms with Crippen LogP contribution in [0.3, 0.4) is 0 Å². The van der Waals surface area contributed by atoms with Crippen molar-refractivity contribution in [1.82, 2.24) is 0 Å². The Morgan fingerprint density at radius 1 is 1.50 bits per heavy atom. The highest BCUT2D eigenvalue weighted by atomic mass is 35.5. The van der Waals surface area contributed by atoms with Gasteiger partial charge in [0.05, 0.1) is 6.61 Å². The predicted molar refractivity (Wildman–Crippen MR) is 34.2 cm³/mol. The summed E-state index contributed by atoms with van der Waals surface area (Å²) >= 11 is 0. The third-order valence-electron chi connectivity index (χ3n) is 0.594. The number of carbonyl (C=O) groups is 1. The van der Waals surface area contributed by atoms with Crippen LogP contribution in [0.5, 0.6) is 0 Å². The maximum atomic E-state index is 10.2. The number of carbonyl (C=O) groups excluding carboxylic acids is 1. The van der Waals surface area contributed by atoms with Gasteiger partial charge in [0.1, 0.15) is 0 Å². The quantitative estimate of drug-likeness (QED) is 0.539. The normalized spacial score (nSPS) is 7.25. The van der Waals surface area contributed by atoms with E-state index in [-0.39, 0.29) is 18.4 Å². The smallest absolute Gasteiger partial charge is 0.305 e. The van der Waals surface area contributed by atoms with Crippen molar-refractivity contribution in [3.05, 3.63) is 0 Å². The molecule has 0 N–H and O–H groups in total. The number of hydrogen-bond acceptors (Lipinski definition) is 2. The van der Waals surface area contributed by atoms with Gasteiger partial charge in [0.25, 0.3) is 0 Å². The number of hydrogen-bond donors (Lipinski definition) is 0. The summed E-state index contributed by atoms with van der Waals surface area (Å²) in [6.45, 7) is 4.07. The molecule has 0 unspecified atom stereocenters. The molecular formula is C5H11ClO2. The van der Waals surface area contributed by atoms with Crippen LogP contribution in [0, 0.1) is 0 Å². The first-order valence-electron chi connectivity index (χ1n) is 2.46. The fourth-order valence-corrected chi connectivity index (χ4v) is 0.263. The van der Waals surface area contributed by atoms with Gasteiger partial charge in [0, 0.05) is 6.42 Å². The molecule has 0 aromatic heterocycles. The average molecular weight is 139 g/mol. The summed E-state index contributed by atoms with van der Waals surface area (Å²) in [6, 6.07) is 0. The van der Waals surface area contributed by atoms with Crippen molar-refractivity contribution in [2.75, 3.05) is 6.61 Å². The lowest BCUT2D eigenvalue weighted by Gasteiger charge is -1.93. The van der Waals surface area contributed by atoms with Crippen LogP contribution in [0.1, 0.15) is 20.3 Å². The molecule has 0 aromatic rings. The Kier molecular flexibility index (Phi) is 9.03. The van der Waals surface area contributed by atoms with Crippen molar-refractivity contribution in [1.29, 1.82) is 0 Å². The predicted octanol–water partition coefficient (Wildman–Crippen LogP) is 1.38. The van der Waals surface area contributed by atoms with E-state index in [0.717, 1.165) is 0 Å². The highest BCUT2D eigenvalue weighted by Crippen LogP contribution is 1.80. The Labute approximate surface area is 55.6 Å². The molecule has 0 fully saturated rings. The second kappa shape index (κ2) is 6.76. The maximum absolute atomic E-state index is 10.2. The maximum Gasteiger partial charge on any atom is 0.305 e. The Hall–Kier alpha value is -0.240. The Bertz CT molecular complexity index is 63.4. The number of esters is 1. The standard InChI is InChI=1S/C5H10O2.ClH/c1-3-5(6)7-4-2;/h3-4H2,1-2H3;1H. The molecule has 0 radical (unpaired) electrons. The van der Waals surface area contributed by atoms with Crippen LogP contribution in [0.25, 0.3) is 0 Å². The number of rotatable bonds is 2. The van der Waals surface area contributed by atoms with Gasteiger partial charge in [-0.05, 0) is 6.92 Å². The number of ether oxygens (including phenoxy) is 1. The molecule has 0 saturated carbocycles. The molecule has 0 aliphatic heterocycles. The number of halogens is 1. The molecule has 0 amide bonds. The fraction of sp³-hybridized carbons (Fsp3) is 0.800. The molecule has 0 aliphatic carbocycles. The van der Waals surface area contributed by atoms with Crippen molar-refractivity contribution >= 4 is 18.4 Å². The minimum atomic E-state index is -0.123. The van der Waals surface area contributed by atoms with Gasteiger partial charge in [-0.25, -0.2) is 0 Å². The summed E-state index contributed by atoms with van der Waals surface area (Å²) in [7, 11) is 0. The molecule has 3 heteroatoms. The summed E-state index contributed by atoms with van der Waals surface area (Å²) in [5.74, 6) is -0.123. The van der Waals surface area contributed by atoms with Crippen molar-refractivity contribution in [2.24, 2.45) is 0 Å². The molecule has 0 aromatic carbocycles. The third kappa shape index (κ3) is 5.76. The molecule has 0 rings (SSSR count). The van der Waals surface area contributed by atoms with Crippen LogP contribution in [0.4, 0.5) is 0 Å². The summed E-state index contributed by atoms with van der Waals surface area (Å²) in [4.78, 5) is 10.2. The molecule has 0 saturated heterocycles. The van der Waals surface area contributed by atoms with E-state index in [1.165, 1.54) is 0 Å². The van der Waals surface area contributed by atoms with Gasteiger partial charge in [0.15, 0.2) is 0 Å². The van der Waals surface area contributed by atoms with Gasteiger partial charge in [-0.1, -0.05) is 6.92 Å². The zero-order valence-electron chi connectivity index (χ0n) is 5.14. The molecule has 2 nitrogen and oxygen atoms in total. The second-order valence-electron chi connectivity index (χ2n) is 1.16. The van der Waals surface area contributed by atoms with Gasteiger partial charge < -0.3 is 4.74 Å². The Morgan fingerprint density at radius 3 is 2.12 bits per heavy atom. The van der Waals surface area contributed by atoms with E-state index in [9.17, 15) is 4.79 Å². The topological polar surface area (TPSA) is 26.3 Å². The monoisotopic (exact) mass is 138 g/mol. The molecule has 0 bridgehead atoms. The zero-order valence-corrected chi connectivity index (χ0v) is 5.96. The fourth-order valence-electron chi connectivity index (χ4n) is 0.263. The minimum Gasteiger partial charge on any atom is -0.466 e. The van der Waals surface area contributed by atoms with Crippen LogP contribution >= 0.6 is 12.4 Å².